The Morgan fingerprint density at radius 3 is 2.36 bits per heavy atom. The summed E-state index contributed by atoms with van der Waals surface area (Å²) >= 11 is 0. The second-order valence-corrected chi connectivity index (χ2v) is 6.35. The van der Waals surface area contributed by atoms with Gasteiger partial charge in [-0.05, 0) is 32.7 Å². The molecule has 5 heteroatoms. The first kappa shape index (κ1) is 13.9. The van der Waals surface area contributed by atoms with E-state index in [1.165, 1.54) is 0 Å². The maximum atomic E-state index is 11.1. The van der Waals surface area contributed by atoms with Crippen LogP contribution in [-0.2, 0) is 9.84 Å². The number of sulfone groups is 1. The average molecular weight is 223 g/mol. The van der Waals surface area contributed by atoms with E-state index in [2.05, 4.69) is 0 Å². The largest absolute Gasteiger partial charge is 0.390 e. The molecule has 0 aromatic carbocycles. The maximum absolute atomic E-state index is 11.1. The molecule has 0 aliphatic rings. The highest BCUT2D eigenvalue weighted by molar-refractivity contribution is 7.91. The molecule has 14 heavy (non-hydrogen) atoms. The third kappa shape index (κ3) is 6.34. The fourth-order valence-electron chi connectivity index (χ4n) is 1.25. The van der Waals surface area contributed by atoms with Gasteiger partial charge in [0.15, 0.2) is 0 Å². The van der Waals surface area contributed by atoms with Crippen LogP contribution in [0.2, 0.25) is 0 Å². The van der Waals surface area contributed by atoms with Crippen molar-refractivity contribution >= 4 is 9.84 Å². The first-order chi connectivity index (χ1) is 6.33. The Labute approximate surface area is 86.4 Å². The zero-order chi connectivity index (χ0) is 11.2. The molecule has 0 aromatic heterocycles. The predicted octanol–water partition coefficient (Wildman–Crippen LogP) is 0.301. The molecular weight excluding hydrogens is 202 g/mol. The Hall–Kier alpha value is -0.130. The Balaban J connectivity index is 3.85. The summed E-state index contributed by atoms with van der Waals surface area (Å²) in [5, 5.41) is 9.71. The van der Waals surface area contributed by atoms with Crippen molar-refractivity contribution in [2.75, 3.05) is 18.1 Å². The second kappa shape index (κ2) is 5.68. The highest BCUT2D eigenvalue weighted by Crippen LogP contribution is 2.16. The Bertz CT molecular complexity index is 247. The van der Waals surface area contributed by atoms with Gasteiger partial charge < -0.3 is 10.8 Å². The summed E-state index contributed by atoms with van der Waals surface area (Å²) in [5.74, 6) is 0.330. The van der Waals surface area contributed by atoms with Crippen LogP contribution in [0.25, 0.3) is 0 Å². The lowest BCUT2D eigenvalue weighted by molar-refractivity contribution is 0.0440. The van der Waals surface area contributed by atoms with Gasteiger partial charge in [-0.3, -0.25) is 0 Å². The van der Waals surface area contributed by atoms with Crippen LogP contribution in [0.5, 0.6) is 0 Å². The average Bonchev–Trinajstić information content (AvgIpc) is 2.03. The van der Waals surface area contributed by atoms with Gasteiger partial charge in [0.05, 0.1) is 11.4 Å². The normalized spacial score (nSPS) is 16.6. The minimum atomic E-state index is -2.90. The van der Waals surface area contributed by atoms with Gasteiger partial charge in [0.1, 0.15) is 9.84 Å². The molecule has 0 amide bonds. The van der Waals surface area contributed by atoms with Crippen molar-refractivity contribution in [2.45, 2.75) is 38.7 Å². The molecule has 0 heterocycles. The van der Waals surface area contributed by atoms with Crippen molar-refractivity contribution in [1.82, 2.24) is 0 Å². The van der Waals surface area contributed by atoms with Crippen molar-refractivity contribution < 1.29 is 13.5 Å². The molecule has 0 aliphatic carbocycles. The molecule has 1 unspecified atom stereocenters. The molecule has 0 rings (SSSR count). The van der Waals surface area contributed by atoms with Crippen molar-refractivity contribution in [2.24, 2.45) is 5.73 Å². The number of nitrogens with two attached hydrogens (primary N) is 1. The van der Waals surface area contributed by atoms with Crippen LogP contribution < -0.4 is 5.73 Å². The Morgan fingerprint density at radius 1 is 1.36 bits per heavy atom. The molecule has 4 nitrogen and oxygen atoms in total. The lowest BCUT2D eigenvalue weighted by atomic mass is 9.97. The predicted molar refractivity (Wildman–Crippen MR) is 57.9 cm³/mol. The minimum absolute atomic E-state index is 0.157. The van der Waals surface area contributed by atoms with E-state index in [0.29, 0.717) is 25.8 Å². The van der Waals surface area contributed by atoms with Gasteiger partial charge in [-0.25, -0.2) is 8.42 Å². The fraction of sp³-hybridized carbons (Fsp3) is 1.00. The van der Waals surface area contributed by atoms with Crippen molar-refractivity contribution in [3.63, 3.8) is 0 Å². The van der Waals surface area contributed by atoms with E-state index in [1.807, 2.05) is 0 Å². The summed E-state index contributed by atoms with van der Waals surface area (Å²) < 4.78 is 22.3. The first-order valence-electron chi connectivity index (χ1n) is 4.96. The number of rotatable bonds is 7. The number of hydrogen-bond acceptors (Lipinski definition) is 4. The van der Waals surface area contributed by atoms with Crippen molar-refractivity contribution in [3.05, 3.63) is 0 Å². The van der Waals surface area contributed by atoms with Gasteiger partial charge >= 0.3 is 0 Å². The molecule has 3 N–H and O–H groups in total. The summed E-state index contributed by atoms with van der Waals surface area (Å²) in [6.07, 6.45) is 1.51. The smallest absolute Gasteiger partial charge is 0.150 e. The Morgan fingerprint density at radius 2 is 1.93 bits per heavy atom. The third-order valence-corrected chi connectivity index (χ3v) is 4.08. The first-order valence-corrected chi connectivity index (χ1v) is 6.78. The minimum Gasteiger partial charge on any atom is -0.390 e. The van der Waals surface area contributed by atoms with Crippen LogP contribution in [0.15, 0.2) is 0 Å². The summed E-state index contributed by atoms with van der Waals surface area (Å²) in [4.78, 5) is 0. The van der Waals surface area contributed by atoms with Gasteiger partial charge in [0.2, 0.25) is 0 Å². The number of aliphatic hydroxyl groups is 1. The van der Waals surface area contributed by atoms with Crippen molar-refractivity contribution in [1.29, 1.82) is 0 Å². The lowest BCUT2D eigenvalue weighted by Crippen LogP contribution is -2.28. The standard InChI is InChI=1S/C9H21NO3S/c1-3-14(12,13)8-4-5-9(2,11)6-7-10/h11H,3-8,10H2,1-2H3. The molecule has 0 spiro atoms. The van der Waals surface area contributed by atoms with E-state index < -0.39 is 15.4 Å². The van der Waals surface area contributed by atoms with E-state index >= 15 is 0 Å². The second-order valence-electron chi connectivity index (χ2n) is 3.88. The van der Waals surface area contributed by atoms with E-state index in [4.69, 9.17) is 5.73 Å². The monoisotopic (exact) mass is 223 g/mol. The van der Waals surface area contributed by atoms with E-state index in [-0.39, 0.29) is 11.5 Å². The van der Waals surface area contributed by atoms with Gasteiger partial charge in [0, 0.05) is 5.75 Å². The molecular formula is C9H21NO3S. The lowest BCUT2D eigenvalue weighted by Gasteiger charge is -2.22. The van der Waals surface area contributed by atoms with Gasteiger partial charge in [-0.15, -0.1) is 0 Å². The maximum Gasteiger partial charge on any atom is 0.150 e. The molecule has 0 saturated heterocycles. The summed E-state index contributed by atoms with van der Waals surface area (Å²) in [7, 11) is -2.90. The molecule has 1 atom stereocenters. The zero-order valence-electron chi connectivity index (χ0n) is 8.99. The molecule has 86 valence electrons. The molecule has 0 fully saturated rings. The molecule has 0 saturated carbocycles. The summed E-state index contributed by atoms with van der Waals surface area (Å²) in [6.45, 7) is 3.75. The quantitative estimate of drug-likeness (QED) is 0.650. The number of hydrogen-bond donors (Lipinski definition) is 2. The molecule has 0 aliphatic heterocycles. The molecule has 0 aromatic rings. The summed E-state index contributed by atoms with van der Waals surface area (Å²) in [5.41, 5.74) is 4.50. The van der Waals surface area contributed by atoms with Crippen LogP contribution in [-0.4, -0.2) is 37.2 Å². The van der Waals surface area contributed by atoms with Crippen LogP contribution in [0.3, 0.4) is 0 Å². The summed E-state index contributed by atoms with van der Waals surface area (Å²) in [6, 6.07) is 0. The SMILES string of the molecule is CCS(=O)(=O)CCCC(C)(O)CCN. The van der Waals surface area contributed by atoms with Crippen LogP contribution in [0.4, 0.5) is 0 Å². The van der Waals surface area contributed by atoms with Crippen molar-refractivity contribution in [3.8, 4) is 0 Å². The zero-order valence-corrected chi connectivity index (χ0v) is 9.81. The Kier molecular flexibility index (Phi) is 5.63. The van der Waals surface area contributed by atoms with Crippen LogP contribution in [0, 0.1) is 0 Å². The topological polar surface area (TPSA) is 80.4 Å². The third-order valence-electron chi connectivity index (χ3n) is 2.29. The van der Waals surface area contributed by atoms with E-state index in [0.717, 1.165) is 0 Å². The highest BCUT2D eigenvalue weighted by atomic mass is 32.2. The fourth-order valence-corrected chi connectivity index (χ4v) is 2.13. The van der Waals surface area contributed by atoms with E-state index in [9.17, 15) is 13.5 Å². The molecule has 0 bridgehead atoms. The van der Waals surface area contributed by atoms with Crippen LogP contribution in [0.1, 0.15) is 33.1 Å². The van der Waals surface area contributed by atoms with E-state index in [1.54, 1.807) is 13.8 Å². The van der Waals surface area contributed by atoms with Gasteiger partial charge in [0.25, 0.3) is 0 Å². The highest BCUT2D eigenvalue weighted by Gasteiger charge is 2.19. The van der Waals surface area contributed by atoms with Crippen LogP contribution >= 0.6 is 0 Å². The van der Waals surface area contributed by atoms with Gasteiger partial charge in [-0.1, -0.05) is 6.92 Å². The van der Waals surface area contributed by atoms with Gasteiger partial charge in [-0.2, -0.15) is 0 Å². The molecule has 0 radical (unpaired) electrons.